The maximum absolute atomic E-state index is 12.3. The van der Waals surface area contributed by atoms with E-state index in [9.17, 15) is 15.0 Å². The molecule has 2 aliphatic heterocycles. The van der Waals surface area contributed by atoms with E-state index in [0.29, 0.717) is 18.4 Å². The first kappa shape index (κ1) is 19.7. The van der Waals surface area contributed by atoms with Gasteiger partial charge < -0.3 is 24.4 Å². The molecule has 10 unspecified atom stereocenters. The molecule has 2 N–H and O–H groups in total. The first-order valence-corrected chi connectivity index (χ1v) is 11.8. The van der Waals surface area contributed by atoms with Crippen molar-refractivity contribution in [2.24, 2.45) is 34.5 Å². The van der Waals surface area contributed by atoms with E-state index in [1.807, 2.05) is 0 Å². The van der Waals surface area contributed by atoms with Gasteiger partial charge in [0.25, 0.3) is 0 Å². The predicted molar refractivity (Wildman–Crippen MR) is 107 cm³/mol. The van der Waals surface area contributed by atoms with Gasteiger partial charge in [-0.15, -0.1) is 0 Å². The fourth-order valence-corrected chi connectivity index (χ4v) is 9.23. The van der Waals surface area contributed by atoms with Crippen LogP contribution >= 0.6 is 0 Å². The van der Waals surface area contributed by atoms with Crippen LogP contribution in [0.5, 0.6) is 0 Å². The number of aliphatic hydroxyl groups is 2. The summed E-state index contributed by atoms with van der Waals surface area (Å²) in [4.78, 5) is 11.7. The molecule has 4 aliphatic carbocycles. The maximum atomic E-state index is 12.3. The van der Waals surface area contributed by atoms with Gasteiger partial charge in [0, 0.05) is 24.0 Å². The SMILES string of the molecule is COC1OC2CC13C(CCC1C3CCC3(C)C(C4=CC(=O)OC4)CCC13O)CC2O. The molecule has 6 nitrogen and oxygen atoms in total. The number of carbonyl (C=O) groups is 1. The number of rotatable bonds is 2. The summed E-state index contributed by atoms with van der Waals surface area (Å²) >= 11 is 0. The van der Waals surface area contributed by atoms with E-state index in [1.165, 1.54) is 0 Å². The molecule has 2 bridgehead atoms. The van der Waals surface area contributed by atoms with Crippen LogP contribution in [0.2, 0.25) is 0 Å². The van der Waals surface area contributed by atoms with E-state index in [4.69, 9.17) is 14.2 Å². The lowest BCUT2D eigenvalue weighted by atomic mass is 9.43. The third-order valence-electron chi connectivity index (χ3n) is 10.5. The van der Waals surface area contributed by atoms with Crippen molar-refractivity contribution < 1.29 is 29.2 Å². The highest BCUT2D eigenvalue weighted by molar-refractivity contribution is 5.85. The van der Waals surface area contributed by atoms with E-state index in [0.717, 1.165) is 56.9 Å². The average molecular weight is 419 g/mol. The Balaban J connectivity index is 1.37. The van der Waals surface area contributed by atoms with Crippen molar-refractivity contribution in [3.63, 3.8) is 0 Å². The highest BCUT2D eigenvalue weighted by Crippen LogP contribution is 2.72. The number of esters is 1. The molecule has 6 rings (SSSR count). The molecule has 10 atom stereocenters. The van der Waals surface area contributed by atoms with E-state index in [2.05, 4.69) is 6.92 Å². The van der Waals surface area contributed by atoms with Crippen molar-refractivity contribution in [2.45, 2.75) is 82.4 Å². The molecule has 6 aliphatic rings. The number of hydrogen-bond acceptors (Lipinski definition) is 6. The van der Waals surface area contributed by atoms with Crippen molar-refractivity contribution in [1.82, 2.24) is 0 Å². The van der Waals surface area contributed by atoms with Gasteiger partial charge in [0.15, 0.2) is 6.29 Å². The van der Waals surface area contributed by atoms with Gasteiger partial charge >= 0.3 is 5.97 Å². The Bertz CT molecular complexity index is 795. The van der Waals surface area contributed by atoms with Crippen LogP contribution < -0.4 is 0 Å². The molecule has 30 heavy (non-hydrogen) atoms. The second kappa shape index (κ2) is 6.31. The fourth-order valence-electron chi connectivity index (χ4n) is 9.23. The Hall–Kier alpha value is -0.950. The Kier molecular flexibility index (Phi) is 4.14. The molecule has 0 aromatic rings. The summed E-state index contributed by atoms with van der Waals surface area (Å²) in [6, 6.07) is 0. The standard InChI is InChI=1S/C24H34O6/c1-22-7-5-16-17(24(22,27)8-6-15(22)13-9-20(26)29-12-13)4-3-14-10-18(25)19-11-23(14,16)21(28-2)30-19/h9,14-19,21,25,27H,3-8,10-12H2,1-2H3. The van der Waals surface area contributed by atoms with Crippen molar-refractivity contribution in [1.29, 1.82) is 0 Å². The quantitative estimate of drug-likeness (QED) is 0.671. The summed E-state index contributed by atoms with van der Waals surface area (Å²) < 4.78 is 17.3. The van der Waals surface area contributed by atoms with Crippen LogP contribution in [-0.2, 0) is 19.0 Å². The number of hydrogen-bond donors (Lipinski definition) is 2. The molecule has 0 aromatic heterocycles. The summed E-state index contributed by atoms with van der Waals surface area (Å²) in [6.07, 6.45) is 8.18. The lowest BCUT2D eigenvalue weighted by molar-refractivity contribution is -0.244. The smallest absolute Gasteiger partial charge is 0.331 e. The van der Waals surface area contributed by atoms with Crippen LogP contribution in [0.3, 0.4) is 0 Å². The Morgan fingerprint density at radius 1 is 1.17 bits per heavy atom. The Morgan fingerprint density at radius 2 is 2.00 bits per heavy atom. The minimum Gasteiger partial charge on any atom is -0.458 e. The topological polar surface area (TPSA) is 85.2 Å². The van der Waals surface area contributed by atoms with Gasteiger partial charge in [0.1, 0.15) is 6.61 Å². The van der Waals surface area contributed by atoms with Crippen LogP contribution in [-0.4, -0.2) is 54.0 Å². The van der Waals surface area contributed by atoms with Crippen LogP contribution in [0, 0.1) is 34.5 Å². The van der Waals surface area contributed by atoms with Crippen LogP contribution in [0.4, 0.5) is 0 Å². The van der Waals surface area contributed by atoms with Gasteiger partial charge in [-0.2, -0.15) is 0 Å². The van der Waals surface area contributed by atoms with Crippen LogP contribution in [0.15, 0.2) is 11.6 Å². The lowest BCUT2D eigenvalue weighted by Gasteiger charge is -2.63. The average Bonchev–Trinajstić information content (AvgIpc) is 3.36. The molecule has 1 spiro atoms. The monoisotopic (exact) mass is 418 g/mol. The highest BCUT2D eigenvalue weighted by atomic mass is 16.7. The summed E-state index contributed by atoms with van der Waals surface area (Å²) in [5, 5.41) is 22.9. The first-order valence-electron chi connectivity index (χ1n) is 11.8. The molecule has 4 saturated carbocycles. The molecule has 0 amide bonds. The summed E-state index contributed by atoms with van der Waals surface area (Å²) in [6.45, 7) is 2.63. The lowest BCUT2D eigenvalue weighted by Crippen LogP contribution is -2.64. The number of ether oxygens (including phenoxy) is 3. The maximum Gasteiger partial charge on any atom is 0.331 e. The fraction of sp³-hybridized carbons (Fsp3) is 0.875. The third kappa shape index (κ3) is 2.21. The largest absolute Gasteiger partial charge is 0.458 e. The van der Waals surface area contributed by atoms with Gasteiger partial charge in [0.05, 0.1) is 17.8 Å². The normalized spacial score (nSPS) is 56.7. The summed E-state index contributed by atoms with van der Waals surface area (Å²) in [5.41, 5.74) is 0.0119. The number of methoxy groups -OCH3 is 1. The Morgan fingerprint density at radius 3 is 2.73 bits per heavy atom. The van der Waals surface area contributed by atoms with Crippen molar-refractivity contribution in [3.8, 4) is 0 Å². The molecular formula is C24H34O6. The van der Waals surface area contributed by atoms with Gasteiger partial charge in [-0.25, -0.2) is 4.79 Å². The zero-order valence-corrected chi connectivity index (χ0v) is 18.0. The molecule has 166 valence electrons. The van der Waals surface area contributed by atoms with E-state index >= 15 is 0 Å². The second-order valence-corrected chi connectivity index (χ2v) is 11.1. The minimum absolute atomic E-state index is 0.0948. The zero-order chi connectivity index (χ0) is 20.9. The number of cyclic esters (lactones) is 1. The van der Waals surface area contributed by atoms with Crippen molar-refractivity contribution in [2.75, 3.05) is 13.7 Å². The molecule has 1 saturated heterocycles. The van der Waals surface area contributed by atoms with Crippen LogP contribution in [0.1, 0.15) is 58.3 Å². The molecule has 2 heterocycles. The van der Waals surface area contributed by atoms with Crippen molar-refractivity contribution in [3.05, 3.63) is 11.6 Å². The number of fused-ring (bicyclic) bond motifs is 4. The third-order valence-corrected chi connectivity index (χ3v) is 10.5. The van der Waals surface area contributed by atoms with Gasteiger partial charge in [0.2, 0.25) is 0 Å². The minimum atomic E-state index is -0.737. The van der Waals surface area contributed by atoms with Crippen LogP contribution in [0.25, 0.3) is 0 Å². The number of aliphatic hydroxyl groups excluding tert-OH is 1. The number of carbonyl (C=O) groups excluding carboxylic acids is 1. The van der Waals surface area contributed by atoms with Gasteiger partial charge in [-0.3, -0.25) is 0 Å². The molecule has 0 radical (unpaired) electrons. The van der Waals surface area contributed by atoms with E-state index in [1.54, 1.807) is 13.2 Å². The second-order valence-electron chi connectivity index (χ2n) is 11.1. The molecule has 0 aromatic carbocycles. The van der Waals surface area contributed by atoms with E-state index in [-0.39, 0.29) is 41.0 Å². The van der Waals surface area contributed by atoms with Crippen molar-refractivity contribution >= 4 is 5.97 Å². The predicted octanol–water partition coefficient (Wildman–Crippen LogP) is 2.57. The van der Waals surface area contributed by atoms with Gasteiger partial charge in [-0.1, -0.05) is 6.92 Å². The van der Waals surface area contributed by atoms with E-state index < -0.39 is 11.7 Å². The Labute approximate surface area is 177 Å². The molecule has 5 fully saturated rings. The molecule has 6 heteroatoms. The summed E-state index contributed by atoms with van der Waals surface area (Å²) in [5.74, 6) is 0.933. The highest BCUT2D eigenvalue weighted by Gasteiger charge is 2.72. The zero-order valence-electron chi connectivity index (χ0n) is 18.0. The molecular weight excluding hydrogens is 384 g/mol. The summed E-state index contributed by atoms with van der Waals surface area (Å²) in [7, 11) is 1.73. The van der Waals surface area contributed by atoms with Gasteiger partial charge in [-0.05, 0) is 80.6 Å². The first-order chi connectivity index (χ1) is 14.3.